The van der Waals surface area contributed by atoms with Gasteiger partial charge in [-0.3, -0.25) is 4.98 Å². The third-order valence-electron chi connectivity index (χ3n) is 5.28. The van der Waals surface area contributed by atoms with Crippen molar-refractivity contribution < 1.29 is 0 Å². The quantitative estimate of drug-likeness (QED) is 0.388. The predicted molar refractivity (Wildman–Crippen MR) is 119 cm³/mol. The highest BCUT2D eigenvalue weighted by Crippen LogP contribution is 2.29. The number of tetrazole rings is 1. The maximum absolute atomic E-state index is 4.84. The molecule has 0 saturated heterocycles. The SMILES string of the molecule is CCCCCc1nc(Cc2ccc(-c3ccncc3-c3nnn[nH]3)cc2)n(CCC)n1. The lowest BCUT2D eigenvalue weighted by Crippen LogP contribution is -2.06. The van der Waals surface area contributed by atoms with Crippen LogP contribution >= 0.6 is 0 Å². The summed E-state index contributed by atoms with van der Waals surface area (Å²) in [5, 5.41) is 19.0. The van der Waals surface area contributed by atoms with Crippen LogP contribution in [0.3, 0.4) is 0 Å². The summed E-state index contributed by atoms with van der Waals surface area (Å²) in [5.41, 5.74) is 4.21. The summed E-state index contributed by atoms with van der Waals surface area (Å²) in [6, 6.07) is 10.5. The summed E-state index contributed by atoms with van der Waals surface area (Å²) in [7, 11) is 0. The number of benzene rings is 1. The molecule has 4 aromatic rings. The van der Waals surface area contributed by atoms with Crippen molar-refractivity contribution in [3.05, 3.63) is 59.9 Å². The molecule has 0 aliphatic rings. The largest absolute Gasteiger partial charge is 0.264 e. The Morgan fingerprint density at radius 3 is 2.58 bits per heavy atom. The summed E-state index contributed by atoms with van der Waals surface area (Å²) in [5.74, 6) is 2.62. The highest BCUT2D eigenvalue weighted by Gasteiger charge is 2.13. The summed E-state index contributed by atoms with van der Waals surface area (Å²) < 4.78 is 2.08. The van der Waals surface area contributed by atoms with Crippen LogP contribution in [0, 0.1) is 0 Å². The number of aryl methyl sites for hydroxylation is 2. The Labute approximate surface area is 182 Å². The summed E-state index contributed by atoms with van der Waals surface area (Å²) in [4.78, 5) is 9.06. The summed E-state index contributed by atoms with van der Waals surface area (Å²) in [6.45, 7) is 5.29. The standard InChI is InChI=1S/C23H28N8/c1-3-5-6-7-21-25-22(31(28-21)14-4-2)15-17-8-10-18(11-9-17)19-12-13-24-16-20(19)23-26-29-30-27-23/h8-13,16H,3-7,14-15H2,1-2H3,(H,26,27,29,30). The van der Waals surface area contributed by atoms with Gasteiger partial charge in [-0.15, -0.1) is 5.10 Å². The van der Waals surface area contributed by atoms with Gasteiger partial charge in [0.1, 0.15) is 5.82 Å². The molecular weight excluding hydrogens is 388 g/mol. The zero-order valence-corrected chi connectivity index (χ0v) is 18.1. The lowest BCUT2D eigenvalue weighted by molar-refractivity contribution is 0.568. The summed E-state index contributed by atoms with van der Waals surface area (Å²) >= 11 is 0. The van der Waals surface area contributed by atoms with Crippen molar-refractivity contribution in [3.8, 4) is 22.5 Å². The Morgan fingerprint density at radius 1 is 0.968 bits per heavy atom. The molecule has 0 unspecified atom stereocenters. The van der Waals surface area contributed by atoms with Crippen LogP contribution in [0.1, 0.15) is 56.7 Å². The number of nitrogens with zero attached hydrogens (tertiary/aromatic N) is 7. The molecule has 0 amide bonds. The maximum Gasteiger partial charge on any atom is 0.181 e. The molecule has 0 spiro atoms. The monoisotopic (exact) mass is 416 g/mol. The molecule has 160 valence electrons. The first kappa shape index (κ1) is 20.8. The molecule has 8 nitrogen and oxygen atoms in total. The third kappa shape index (κ3) is 5.02. The molecule has 0 aliphatic heterocycles. The van der Waals surface area contributed by atoms with E-state index in [-0.39, 0.29) is 0 Å². The Hall–Kier alpha value is -3.42. The van der Waals surface area contributed by atoms with Crippen molar-refractivity contribution in [2.45, 2.75) is 58.9 Å². The van der Waals surface area contributed by atoms with Crippen molar-refractivity contribution in [2.24, 2.45) is 0 Å². The highest BCUT2D eigenvalue weighted by atomic mass is 15.5. The fraction of sp³-hybridized carbons (Fsp3) is 0.391. The molecule has 0 bridgehead atoms. The van der Waals surface area contributed by atoms with Gasteiger partial charge in [-0.05, 0) is 46.0 Å². The minimum Gasteiger partial charge on any atom is -0.264 e. The Balaban J connectivity index is 1.53. The van der Waals surface area contributed by atoms with Crippen molar-refractivity contribution in [1.82, 2.24) is 40.4 Å². The zero-order chi connectivity index (χ0) is 21.5. The van der Waals surface area contributed by atoms with E-state index in [0.717, 1.165) is 60.6 Å². The van der Waals surface area contributed by atoms with E-state index >= 15 is 0 Å². The number of H-pyrrole nitrogens is 1. The first-order valence-corrected chi connectivity index (χ1v) is 11.0. The van der Waals surface area contributed by atoms with Gasteiger partial charge in [0.15, 0.2) is 11.6 Å². The number of aromatic amines is 1. The number of pyridine rings is 1. The van der Waals surface area contributed by atoms with Crippen LogP contribution in [-0.4, -0.2) is 40.4 Å². The number of hydrogen-bond acceptors (Lipinski definition) is 6. The van der Waals surface area contributed by atoms with Crippen LogP contribution < -0.4 is 0 Å². The molecule has 1 aromatic carbocycles. The van der Waals surface area contributed by atoms with Crippen molar-refractivity contribution >= 4 is 0 Å². The second-order valence-electron chi connectivity index (χ2n) is 7.67. The molecule has 31 heavy (non-hydrogen) atoms. The number of unbranched alkanes of at least 4 members (excludes halogenated alkanes) is 2. The molecule has 0 saturated carbocycles. The Kier molecular flexibility index (Phi) is 6.76. The molecule has 0 radical (unpaired) electrons. The summed E-state index contributed by atoms with van der Waals surface area (Å²) in [6.07, 6.45) is 9.92. The van der Waals surface area contributed by atoms with E-state index in [1.54, 1.807) is 12.4 Å². The van der Waals surface area contributed by atoms with Gasteiger partial charge in [-0.2, -0.15) is 5.10 Å². The zero-order valence-electron chi connectivity index (χ0n) is 18.1. The Bertz CT molecular complexity index is 1080. The van der Waals surface area contributed by atoms with E-state index in [4.69, 9.17) is 10.1 Å². The average molecular weight is 417 g/mol. The normalized spacial score (nSPS) is 11.2. The fourth-order valence-electron chi connectivity index (χ4n) is 3.68. The second kappa shape index (κ2) is 10.1. The molecule has 3 aromatic heterocycles. The molecule has 3 heterocycles. The topological polar surface area (TPSA) is 98.1 Å². The average Bonchev–Trinajstić information content (AvgIpc) is 3.46. The van der Waals surface area contributed by atoms with Gasteiger partial charge in [0.25, 0.3) is 0 Å². The smallest absolute Gasteiger partial charge is 0.181 e. The van der Waals surface area contributed by atoms with Gasteiger partial charge in [-0.25, -0.2) is 14.8 Å². The molecule has 8 heteroatoms. The van der Waals surface area contributed by atoms with E-state index in [2.05, 4.69) is 68.4 Å². The van der Waals surface area contributed by atoms with Gasteiger partial charge in [0.2, 0.25) is 0 Å². The van der Waals surface area contributed by atoms with E-state index in [1.165, 1.54) is 18.4 Å². The number of nitrogens with one attached hydrogen (secondary N) is 1. The number of hydrogen-bond donors (Lipinski definition) is 1. The van der Waals surface area contributed by atoms with Crippen LogP contribution in [-0.2, 0) is 19.4 Å². The maximum atomic E-state index is 4.84. The van der Waals surface area contributed by atoms with Gasteiger partial charge < -0.3 is 0 Å². The van der Waals surface area contributed by atoms with Gasteiger partial charge in [0, 0.05) is 37.3 Å². The first-order chi connectivity index (χ1) is 15.3. The first-order valence-electron chi connectivity index (χ1n) is 11.0. The molecule has 4 rings (SSSR count). The van der Waals surface area contributed by atoms with Crippen LogP contribution in [0.2, 0.25) is 0 Å². The van der Waals surface area contributed by atoms with E-state index in [0.29, 0.717) is 5.82 Å². The molecule has 1 N–H and O–H groups in total. The third-order valence-corrected chi connectivity index (χ3v) is 5.28. The minimum absolute atomic E-state index is 0.607. The molecule has 0 aliphatic carbocycles. The predicted octanol–water partition coefficient (Wildman–Crippen LogP) is 4.25. The van der Waals surface area contributed by atoms with Crippen molar-refractivity contribution in [3.63, 3.8) is 0 Å². The van der Waals surface area contributed by atoms with E-state index in [1.807, 2.05) is 6.07 Å². The van der Waals surface area contributed by atoms with Gasteiger partial charge in [0.05, 0.1) is 0 Å². The lowest BCUT2D eigenvalue weighted by atomic mass is 9.99. The van der Waals surface area contributed by atoms with Crippen molar-refractivity contribution in [2.75, 3.05) is 0 Å². The minimum atomic E-state index is 0.607. The number of rotatable bonds is 10. The fourth-order valence-corrected chi connectivity index (χ4v) is 3.68. The van der Waals surface area contributed by atoms with Crippen LogP contribution in [0.4, 0.5) is 0 Å². The van der Waals surface area contributed by atoms with E-state index in [9.17, 15) is 0 Å². The van der Waals surface area contributed by atoms with E-state index < -0.39 is 0 Å². The highest BCUT2D eigenvalue weighted by molar-refractivity contribution is 5.79. The van der Waals surface area contributed by atoms with Crippen LogP contribution in [0.5, 0.6) is 0 Å². The lowest BCUT2D eigenvalue weighted by Gasteiger charge is -2.08. The van der Waals surface area contributed by atoms with Crippen molar-refractivity contribution in [1.29, 1.82) is 0 Å². The van der Waals surface area contributed by atoms with Gasteiger partial charge in [-0.1, -0.05) is 51.0 Å². The van der Waals surface area contributed by atoms with Gasteiger partial charge >= 0.3 is 0 Å². The van der Waals surface area contributed by atoms with Crippen LogP contribution in [0.15, 0.2) is 42.7 Å². The second-order valence-corrected chi connectivity index (χ2v) is 7.67. The molecule has 0 atom stereocenters. The van der Waals surface area contributed by atoms with Crippen LogP contribution in [0.25, 0.3) is 22.5 Å². The molecular formula is C23H28N8. The Morgan fingerprint density at radius 2 is 1.84 bits per heavy atom. The molecule has 0 fully saturated rings. The number of aromatic nitrogens is 8.